The second-order valence-electron chi connectivity index (χ2n) is 5.30. The van der Waals surface area contributed by atoms with E-state index in [1.165, 1.54) is 9.13 Å². The van der Waals surface area contributed by atoms with E-state index in [0.29, 0.717) is 0 Å². The summed E-state index contributed by atoms with van der Waals surface area (Å²) in [5.74, 6) is 2.78. The number of nitrogens with zero attached hydrogens (tertiary/aromatic N) is 2. The summed E-state index contributed by atoms with van der Waals surface area (Å²) in [7, 11) is 3.37. The number of ether oxygens (including phenoxy) is 2. The molecule has 116 valence electrons. The molecule has 1 aliphatic rings. The maximum Gasteiger partial charge on any atom is 0.133 e. The summed E-state index contributed by atoms with van der Waals surface area (Å²) in [5, 5.41) is 0. The van der Waals surface area contributed by atoms with Gasteiger partial charge in [-0.3, -0.25) is 0 Å². The zero-order chi connectivity index (χ0) is 15.5. The van der Waals surface area contributed by atoms with Crippen LogP contribution in [0.5, 0.6) is 11.5 Å². The van der Waals surface area contributed by atoms with Crippen LogP contribution < -0.4 is 14.4 Å². The van der Waals surface area contributed by atoms with Gasteiger partial charge in [0, 0.05) is 40.0 Å². The van der Waals surface area contributed by atoms with Crippen LogP contribution in [0.15, 0.2) is 30.5 Å². The van der Waals surface area contributed by atoms with Crippen molar-refractivity contribution in [1.29, 1.82) is 0 Å². The lowest BCUT2D eigenvalue weighted by atomic mass is 10.0. The number of fused-ring (bicyclic) bond motifs is 1. The van der Waals surface area contributed by atoms with Gasteiger partial charge in [-0.25, -0.2) is 4.98 Å². The molecule has 5 heteroatoms. The second kappa shape index (κ2) is 6.73. The maximum atomic E-state index is 5.51. The highest BCUT2D eigenvalue weighted by molar-refractivity contribution is 14.1. The molecule has 1 aromatic heterocycles. The van der Waals surface area contributed by atoms with Crippen LogP contribution in [-0.2, 0) is 13.0 Å². The molecule has 0 saturated carbocycles. The van der Waals surface area contributed by atoms with Crippen molar-refractivity contribution in [2.45, 2.75) is 19.4 Å². The van der Waals surface area contributed by atoms with Gasteiger partial charge in [-0.05, 0) is 53.6 Å². The molecule has 0 radical (unpaired) electrons. The molecule has 2 heterocycles. The summed E-state index contributed by atoms with van der Waals surface area (Å²) in [6, 6.07) is 8.06. The zero-order valence-electron chi connectivity index (χ0n) is 12.8. The Bertz CT molecular complexity index is 676. The highest BCUT2D eigenvalue weighted by atomic mass is 127. The third-order valence-electron chi connectivity index (χ3n) is 3.99. The van der Waals surface area contributed by atoms with E-state index in [2.05, 4.69) is 44.6 Å². The number of hydrogen-bond donors (Lipinski definition) is 0. The summed E-state index contributed by atoms with van der Waals surface area (Å²) in [6.07, 6.45) is 4.16. The van der Waals surface area contributed by atoms with Gasteiger partial charge in [-0.15, -0.1) is 0 Å². The minimum Gasteiger partial charge on any atom is -0.497 e. The van der Waals surface area contributed by atoms with Gasteiger partial charge in [-0.2, -0.15) is 0 Å². The molecule has 1 aliphatic heterocycles. The second-order valence-corrected chi connectivity index (χ2v) is 6.46. The summed E-state index contributed by atoms with van der Waals surface area (Å²) in [4.78, 5) is 6.94. The average molecular weight is 410 g/mol. The first-order chi connectivity index (χ1) is 10.7. The monoisotopic (exact) mass is 410 g/mol. The van der Waals surface area contributed by atoms with Gasteiger partial charge < -0.3 is 14.4 Å². The lowest BCUT2D eigenvalue weighted by molar-refractivity contribution is 0.390. The lowest BCUT2D eigenvalue weighted by Gasteiger charge is -2.31. The molecule has 1 aromatic carbocycles. The Morgan fingerprint density at radius 1 is 1.23 bits per heavy atom. The van der Waals surface area contributed by atoms with Crippen LogP contribution in [-0.4, -0.2) is 25.7 Å². The third kappa shape index (κ3) is 2.99. The fourth-order valence-electron chi connectivity index (χ4n) is 2.86. The SMILES string of the molecule is COc1ccc(CN2CCCc3c(I)ccnc32)c(OC)c1. The molecule has 0 atom stereocenters. The summed E-state index contributed by atoms with van der Waals surface area (Å²) in [6.45, 7) is 1.82. The van der Waals surface area contributed by atoms with Crippen molar-refractivity contribution in [3.05, 3.63) is 45.2 Å². The zero-order valence-corrected chi connectivity index (χ0v) is 15.0. The van der Waals surface area contributed by atoms with Gasteiger partial charge in [0.25, 0.3) is 0 Å². The largest absolute Gasteiger partial charge is 0.497 e. The summed E-state index contributed by atoms with van der Waals surface area (Å²) < 4.78 is 12.1. The van der Waals surface area contributed by atoms with E-state index >= 15 is 0 Å². The molecule has 0 unspecified atom stereocenters. The van der Waals surface area contributed by atoms with E-state index in [1.54, 1.807) is 14.2 Å². The number of rotatable bonds is 4. The Morgan fingerprint density at radius 2 is 2.09 bits per heavy atom. The number of aromatic nitrogens is 1. The van der Waals surface area contributed by atoms with Crippen LogP contribution >= 0.6 is 22.6 Å². The average Bonchev–Trinajstić information content (AvgIpc) is 2.56. The molecule has 22 heavy (non-hydrogen) atoms. The maximum absolute atomic E-state index is 5.51. The molecule has 3 rings (SSSR count). The number of benzene rings is 1. The molecule has 0 aliphatic carbocycles. The van der Waals surface area contributed by atoms with E-state index < -0.39 is 0 Å². The molecule has 0 amide bonds. The van der Waals surface area contributed by atoms with Crippen molar-refractivity contribution >= 4 is 28.4 Å². The number of hydrogen-bond acceptors (Lipinski definition) is 4. The van der Waals surface area contributed by atoms with Crippen LogP contribution in [0.4, 0.5) is 5.82 Å². The topological polar surface area (TPSA) is 34.6 Å². The Balaban J connectivity index is 1.90. The fourth-order valence-corrected chi connectivity index (χ4v) is 3.53. The highest BCUT2D eigenvalue weighted by Gasteiger charge is 2.21. The fraction of sp³-hybridized carbons (Fsp3) is 0.353. The van der Waals surface area contributed by atoms with Gasteiger partial charge in [0.2, 0.25) is 0 Å². The van der Waals surface area contributed by atoms with E-state index in [0.717, 1.165) is 48.8 Å². The van der Waals surface area contributed by atoms with E-state index in [9.17, 15) is 0 Å². The van der Waals surface area contributed by atoms with Crippen molar-refractivity contribution in [1.82, 2.24) is 4.98 Å². The smallest absolute Gasteiger partial charge is 0.133 e. The van der Waals surface area contributed by atoms with Crippen molar-refractivity contribution < 1.29 is 9.47 Å². The number of anilines is 1. The first-order valence-corrected chi connectivity index (χ1v) is 8.40. The minimum absolute atomic E-state index is 0.799. The lowest BCUT2D eigenvalue weighted by Crippen LogP contribution is -2.30. The van der Waals surface area contributed by atoms with Crippen molar-refractivity contribution in [3.8, 4) is 11.5 Å². The first-order valence-electron chi connectivity index (χ1n) is 7.32. The summed E-state index contributed by atoms with van der Waals surface area (Å²) >= 11 is 2.40. The molecule has 0 saturated heterocycles. The molecule has 4 nitrogen and oxygen atoms in total. The van der Waals surface area contributed by atoms with Crippen molar-refractivity contribution in [2.24, 2.45) is 0 Å². The number of halogens is 1. The third-order valence-corrected chi connectivity index (χ3v) is 5.00. The van der Waals surface area contributed by atoms with Crippen molar-refractivity contribution in [3.63, 3.8) is 0 Å². The predicted molar refractivity (Wildman–Crippen MR) is 95.9 cm³/mol. The molecule has 0 N–H and O–H groups in total. The number of methoxy groups -OCH3 is 2. The predicted octanol–water partition coefficient (Wildman–Crippen LogP) is 3.66. The Labute approximate surface area is 144 Å². The quantitative estimate of drug-likeness (QED) is 0.721. The van der Waals surface area contributed by atoms with Gasteiger partial charge in [-0.1, -0.05) is 0 Å². The molecular formula is C17H19IN2O2. The Kier molecular flexibility index (Phi) is 4.71. The highest BCUT2D eigenvalue weighted by Crippen LogP contribution is 2.32. The van der Waals surface area contributed by atoms with E-state index in [1.807, 2.05) is 18.3 Å². The van der Waals surface area contributed by atoms with Crippen LogP contribution in [0.25, 0.3) is 0 Å². The van der Waals surface area contributed by atoms with Crippen LogP contribution in [0.2, 0.25) is 0 Å². The Morgan fingerprint density at radius 3 is 2.86 bits per heavy atom. The molecule has 2 aromatic rings. The summed E-state index contributed by atoms with van der Waals surface area (Å²) in [5.41, 5.74) is 2.51. The molecule has 0 spiro atoms. The van der Waals surface area contributed by atoms with Gasteiger partial charge in [0.1, 0.15) is 17.3 Å². The van der Waals surface area contributed by atoms with Crippen LogP contribution in [0.3, 0.4) is 0 Å². The van der Waals surface area contributed by atoms with E-state index in [4.69, 9.17) is 9.47 Å². The normalized spacial score (nSPS) is 13.7. The molecule has 0 fully saturated rings. The number of pyridine rings is 1. The van der Waals surface area contributed by atoms with Crippen LogP contribution in [0, 0.1) is 3.57 Å². The van der Waals surface area contributed by atoms with Crippen molar-refractivity contribution in [2.75, 3.05) is 25.7 Å². The first kappa shape index (κ1) is 15.4. The van der Waals surface area contributed by atoms with Gasteiger partial charge >= 0.3 is 0 Å². The molecule has 0 bridgehead atoms. The van der Waals surface area contributed by atoms with Gasteiger partial charge in [0.05, 0.1) is 14.2 Å². The van der Waals surface area contributed by atoms with Gasteiger partial charge in [0.15, 0.2) is 0 Å². The minimum atomic E-state index is 0.799. The van der Waals surface area contributed by atoms with Crippen LogP contribution in [0.1, 0.15) is 17.5 Å². The Hall–Kier alpha value is -1.50. The molecular weight excluding hydrogens is 391 g/mol. The standard InChI is InChI=1S/C17H19IN2O2/c1-21-13-6-5-12(16(10-13)22-2)11-20-9-3-4-14-15(18)7-8-19-17(14)20/h5-8,10H,3-4,9,11H2,1-2H3. The van der Waals surface area contributed by atoms with E-state index in [-0.39, 0.29) is 0 Å².